The Bertz CT molecular complexity index is 1080. The summed E-state index contributed by atoms with van der Waals surface area (Å²) < 4.78 is 28.0. The van der Waals surface area contributed by atoms with Crippen LogP contribution in [0.15, 0.2) is 78.0 Å². The largest absolute Gasteiger partial charge is 0.337 e. The van der Waals surface area contributed by atoms with Crippen LogP contribution in [0.4, 0.5) is 5.69 Å². The van der Waals surface area contributed by atoms with Crippen LogP contribution < -0.4 is 4.72 Å². The molecule has 0 spiro atoms. The van der Waals surface area contributed by atoms with E-state index in [1.807, 2.05) is 25.1 Å². The molecule has 28 heavy (non-hydrogen) atoms. The smallest absolute Gasteiger partial charge is 0.261 e. The fraction of sp³-hybridized carbons (Fsp3) is 0.143. The minimum Gasteiger partial charge on any atom is -0.337 e. The molecular weight excluding hydrogens is 374 g/mol. The lowest BCUT2D eigenvalue weighted by atomic mass is 10.2. The van der Waals surface area contributed by atoms with Crippen molar-refractivity contribution in [2.24, 2.45) is 0 Å². The second-order valence-corrected chi connectivity index (χ2v) is 8.20. The van der Waals surface area contributed by atoms with Gasteiger partial charge in [-0.15, -0.1) is 0 Å². The van der Waals surface area contributed by atoms with Gasteiger partial charge in [0.2, 0.25) is 0 Å². The first kappa shape index (κ1) is 19.6. The van der Waals surface area contributed by atoms with Gasteiger partial charge in [0.05, 0.1) is 4.90 Å². The van der Waals surface area contributed by atoms with Gasteiger partial charge in [-0.3, -0.25) is 14.5 Å². The summed E-state index contributed by atoms with van der Waals surface area (Å²) in [5.41, 5.74) is 2.67. The molecule has 3 aromatic rings. The van der Waals surface area contributed by atoms with Crippen LogP contribution in [0.25, 0.3) is 0 Å². The Balaban J connectivity index is 1.80. The van der Waals surface area contributed by atoms with E-state index in [9.17, 15) is 13.2 Å². The second kappa shape index (κ2) is 8.22. The van der Waals surface area contributed by atoms with Crippen molar-refractivity contribution in [2.45, 2.75) is 18.4 Å². The molecule has 0 aliphatic heterocycles. The van der Waals surface area contributed by atoms with Gasteiger partial charge in [-0.25, -0.2) is 8.42 Å². The van der Waals surface area contributed by atoms with Crippen LogP contribution in [0.1, 0.15) is 21.5 Å². The molecule has 3 rings (SSSR count). The maximum Gasteiger partial charge on any atom is 0.261 e. The number of carbonyl (C=O) groups is 1. The number of pyridine rings is 1. The average molecular weight is 395 g/mol. The van der Waals surface area contributed by atoms with Crippen molar-refractivity contribution in [3.63, 3.8) is 0 Å². The summed E-state index contributed by atoms with van der Waals surface area (Å²) in [4.78, 5) is 18.3. The van der Waals surface area contributed by atoms with Crippen LogP contribution in [0, 0.1) is 6.92 Å². The number of aryl methyl sites for hydroxylation is 1. The highest BCUT2D eigenvalue weighted by atomic mass is 32.2. The highest BCUT2D eigenvalue weighted by Gasteiger charge is 2.18. The van der Waals surface area contributed by atoms with Crippen molar-refractivity contribution >= 4 is 21.6 Å². The highest BCUT2D eigenvalue weighted by Crippen LogP contribution is 2.19. The quantitative estimate of drug-likeness (QED) is 0.693. The van der Waals surface area contributed by atoms with Crippen LogP contribution in [-0.2, 0) is 16.6 Å². The zero-order valence-electron chi connectivity index (χ0n) is 15.7. The van der Waals surface area contributed by atoms with E-state index in [1.54, 1.807) is 49.8 Å². The summed E-state index contributed by atoms with van der Waals surface area (Å²) in [6.45, 7) is 2.29. The fourth-order valence-corrected chi connectivity index (χ4v) is 3.87. The van der Waals surface area contributed by atoms with Crippen LogP contribution in [-0.4, -0.2) is 31.3 Å². The molecule has 0 unspecified atom stereocenters. The van der Waals surface area contributed by atoms with Crippen molar-refractivity contribution in [1.29, 1.82) is 0 Å². The first-order valence-corrected chi connectivity index (χ1v) is 10.2. The fourth-order valence-electron chi connectivity index (χ4n) is 2.77. The third-order valence-electron chi connectivity index (χ3n) is 4.18. The average Bonchev–Trinajstić information content (AvgIpc) is 2.68. The molecular formula is C21H21N3O3S. The van der Waals surface area contributed by atoms with Gasteiger partial charge in [-0.1, -0.05) is 18.2 Å². The Hall–Kier alpha value is -3.19. The molecule has 0 atom stereocenters. The summed E-state index contributed by atoms with van der Waals surface area (Å²) in [5.74, 6) is -0.260. The van der Waals surface area contributed by atoms with E-state index in [0.29, 0.717) is 17.8 Å². The van der Waals surface area contributed by atoms with Gasteiger partial charge in [0.1, 0.15) is 0 Å². The van der Waals surface area contributed by atoms with Gasteiger partial charge >= 0.3 is 0 Å². The van der Waals surface area contributed by atoms with E-state index < -0.39 is 10.0 Å². The third-order valence-corrected chi connectivity index (χ3v) is 5.56. The van der Waals surface area contributed by atoms with Crippen LogP contribution in [0.2, 0.25) is 0 Å². The van der Waals surface area contributed by atoms with Crippen molar-refractivity contribution in [1.82, 2.24) is 9.88 Å². The zero-order chi connectivity index (χ0) is 20.1. The SMILES string of the molecule is Cc1cccc(NS(=O)(=O)c2cccc(C(=O)N(C)Cc3ccncc3)c2)c1. The van der Waals surface area contributed by atoms with Crippen LogP contribution in [0.5, 0.6) is 0 Å². The molecule has 0 saturated heterocycles. The minimum atomic E-state index is -3.80. The monoisotopic (exact) mass is 395 g/mol. The summed E-state index contributed by atoms with van der Waals surface area (Å²) in [6.07, 6.45) is 3.33. The van der Waals surface area contributed by atoms with Crippen molar-refractivity contribution in [2.75, 3.05) is 11.8 Å². The van der Waals surface area contributed by atoms with Gasteiger partial charge in [0.25, 0.3) is 15.9 Å². The normalized spacial score (nSPS) is 11.1. The molecule has 6 nitrogen and oxygen atoms in total. The molecule has 1 N–H and O–H groups in total. The summed E-state index contributed by atoms with van der Waals surface area (Å²) >= 11 is 0. The molecule has 7 heteroatoms. The molecule has 2 aromatic carbocycles. The molecule has 0 aliphatic rings. The van der Waals surface area contributed by atoms with Crippen LogP contribution >= 0.6 is 0 Å². The molecule has 0 bridgehead atoms. The van der Waals surface area contributed by atoms with Gasteiger partial charge in [0.15, 0.2) is 0 Å². The number of anilines is 1. The maximum atomic E-state index is 12.7. The topological polar surface area (TPSA) is 79.4 Å². The lowest BCUT2D eigenvalue weighted by Gasteiger charge is -2.18. The number of nitrogens with zero attached hydrogens (tertiary/aromatic N) is 2. The van der Waals surface area contributed by atoms with E-state index in [-0.39, 0.29) is 10.8 Å². The van der Waals surface area contributed by atoms with Gasteiger partial charge in [0, 0.05) is 37.2 Å². The maximum absolute atomic E-state index is 12.7. The van der Waals surface area contributed by atoms with Crippen molar-refractivity contribution < 1.29 is 13.2 Å². The van der Waals surface area contributed by atoms with Crippen molar-refractivity contribution in [3.05, 3.63) is 89.7 Å². The predicted octanol–water partition coefficient (Wildman–Crippen LogP) is 3.46. The number of carbonyl (C=O) groups excluding carboxylic acids is 1. The van der Waals surface area contributed by atoms with E-state index >= 15 is 0 Å². The number of amides is 1. The van der Waals surface area contributed by atoms with E-state index in [1.165, 1.54) is 17.0 Å². The van der Waals surface area contributed by atoms with Crippen LogP contribution in [0.3, 0.4) is 0 Å². The minimum absolute atomic E-state index is 0.0390. The summed E-state index contributed by atoms with van der Waals surface area (Å²) in [5, 5.41) is 0. The number of aromatic nitrogens is 1. The Kier molecular flexibility index (Phi) is 5.75. The molecule has 1 amide bonds. The van der Waals surface area contributed by atoms with E-state index in [4.69, 9.17) is 0 Å². The Morgan fingerprint density at radius 3 is 2.46 bits per heavy atom. The first-order chi connectivity index (χ1) is 13.3. The number of rotatable bonds is 6. The third kappa shape index (κ3) is 4.75. The lowest BCUT2D eigenvalue weighted by Crippen LogP contribution is -2.26. The Labute approximate surface area is 164 Å². The lowest BCUT2D eigenvalue weighted by molar-refractivity contribution is 0.0785. The van der Waals surface area contributed by atoms with Crippen molar-refractivity contribution in [3.8, 4) is 0 Å². The number of benzene rings is 2. The summed E-state index contributed by atoms with van der Waals surface area (Å²) in [7, 11) is -2.12. The number of sulfonamides is 1. The molecule has 144 valence electrons. The molecule has 1 heterocycles. The van der Waals surface area contributed by atoms with Gasteiger partial charge in [-0.2, -0.15) is 0 Å². The number of hydrogen-bond acceptors (Lipinski definition) is 4. The molecule has 0 aliphatic carbocycles. The summed E-state index contributed by atoms with van der Waals surface area (Å²) in [6, 6.07) is 16.8. The number of hydrogen-bond donors (Lipinski definition) is 1. The Morgan fingerprint density at radius 1 is 1.04 bits per heavy atom. The number of nitrogens with one attached hydrogen (secondary N) is 1. The van der Waals surface area contributed by atoms with E-state index in [0.717, 1.165) is 11.1 Å². The zero-order valence-corrected chi connectivity index (χ0v) is 16.5. The van der Waals surface area contributed by atoms with Gasteiger partial charge < -0.3 is 4.90 Å². The molecule has 0 radical (unpaired) electrons. The second-order valence-electron chi connectivity index (χ2n) is 6.52. The molecule has 0 saturated carbocycles. The first-order valence-electron chi connectivity index (χ1n) is 8.69. The predicted molar refractivity (Wildman–Crippen MR) is 108 cm³/mol. The van der Waals surface area contributed by atoms with E-state index in [2.05, 4.69) is 9.71 Å². The Morgan fingerprint density at radius 2 is 1.75 bits per heavy atom. The van der Waals surface area contributed by atoms with Gasteiger partial charge in [-0.05, 0) is 60.5 Å². The molecule has 1 aromatic heterocycles. The highest BCUT2D eigenvalue weighted by molar-refractivity contribution is 7.92. The molecule has 0 fully saturated rings. The standard InChI is InChI=1S/C21H21N3O3S/c1-16-5-3-7-19(13-16)23-28(26,27)20-8-4-6-18(14-20)21(25)24(2)15-17-9-11-22-12-10-17/h3-14,23H,15H2,1-2H3.